The molecule has 2 aromatic rings. The van der Waals surface area contributed by atoms with Crippen molar-refractivity contribution in [3.8, 4) is 5.75 Å². The molecule has 21 heavy (non-hydrogen) atoms. The van der Waals surface area contributed by atoms with Gasteiger partial charge in [-0.3, -0.25) is 4.68 Å². The number of hydrogen-bond acceptors (Lipinski definition) is 3. The third-order valence-electron chi connectivity index (χ3n) is 4.06. The summed E-state index contributed by atoms with van der Waals surface area (Å²) in [5, 5.41) is 15.0. The fraction of sp³-hybridized carbons (Fsp3) is 0.438. The van der Waals surface area contributed by atoms with Gasteiger partial charge in [0.15, 0.2) is 0 Å². The van der Waals surface area contributed by atoms with Crippen LogP contribution < -0.4 is 4.74 Å². The number of fused-ring (bicyclic) bond motifs is 1. The summed E-state index contributed by atoms with van der Waals surface area (Å²) in [4.78, 5) is 0. The lowest BCUT2D eigenvalue weighted by Crippen LogP contribution is -2.05. The van der Waals surface area contributed by atoms with E-state index in [0.29, 0.717) is 11.6 Å². The van der Waals surface area contributed by atoms with Crippen LogP contribution in [0.5, 0.6) is 5.75 Å². The number of rotatable bonds is 4. The van der Waals surface area contributed by atoms with E-state index in [2.05, 4.69) is 5.10 Å². The van der Waals surface area contributed by atoms with E-state index in [0.717, 1.165) is 47.5 Å². The minimum atomic E-state index is -0.365. The third-order valence-corrected chi connectivity index (χ3v) is 4.50. The molecule has 0 saturated carbocycles. The number of halogens is 1. The lowest BCUT2D eigenvalue weighted by atomic mass is 10.1. The topological polar surface area (TPSA) is 47.3 Å². The molecule has 0 spiro atoms. The Bertz CT molecular complexity index is 667. The van der Waals surface area contributed by atoms with Gasteiger partial charge in [-0.05, 0) is 30.9 Å². The summed E-state index contributed by atoms with van der Waals surface area (Å²) < 4.78 is 7.72. The second-order valence-electron chi connectivity index (χ2n) is 5.35. The van der Waals surface area contributed by atoms with Crippen LogP contribution in [-0.4, -0.2) is 14.9 Å². The number of ether oxygens (including phenoxy) is 1. The Labute approximate surface area is 129 Å². The van der Waals surface area contributed by atoms with Crippen LogP contribution in [0.3, 0.4) is 0 Å². The highest BCUT2D eigenvalue weighted by Crippen LogP contribution is 2.37. The van der Waals surface area contributed by atoms with Gasteiger partial charge in [-0.25, -0.2) is 0 Å². The van der Waals surface area contributed by atoms with Crippen LogP contribution in [0.4, 0.5) is 0 Å². The molecular formula is C16H19ClN2O2. The number of aryl methyl sites for hydroxylation is 2. The van der Waals surface area contributed by atoms with E-state index in [1.54, 1.807) is 4.68 Å². The average molecular weight is 307 g/mol. The average Bonchev–Trinajstić information content (AvgIpc) is 2.99. The molecule has 112 valence electrons. The Morgan fingerprint density at radius 2 is 2.29 bits per heavy atom. The van der Waals surface area contributed by atoms with Gasteiger partial charge in [0.2, 0.25) is 0 Å². The maximum Gasteiger partial charge on any atom is 0.131 e. The minimum Gasteiger partial charge on any atom is -0.487 e. The van der Waals surface area contributed by atoms with Gasteiger partial charge in [0.1, 0.15) is 12.4 Å². The van der Waals surface area contributed by atoms with Crippen molar-refractivity contribution in [1.82, 2.24) is 9.78 Å². The predicted molar refractivity (Wildman–Crippen MR) is 81.7 cm³/mol. The zero-order chi connectivity index (χ0) is 15.0. The summed E-state index contributed by atoms with van der Waals surface area (Å²) in [7, 11) is 1.88. The minimum absolute atomic E-state index is 0.365. The highest BCUT2D eigenvalue weighted by atomic mass is 35.5. The lowest BCUT2D eigenvalue weighted by molar-refractivity contribution is 0.180. The molecule has 0 fully saturated rings. The number of aliphatic hydroxyl groups is 1. The number of nitrogens with zero attached hydrogens (tertiary/aromatic N) is 2. The molecule has 0 radical (unpaired) electrons. The lowest BCUT2D eigenvalue weighted by Gasteiger charge is -2.11. The number of aromatic nitrogens is 2. The van der Waals surface area contributed by atoms with Gasteiger partial charge in [-0.1, -0.05) is 30.7 Å². The summed E-state index contributed by atoms with van der Waals surface area (Å²) in [6, 6.07) is 5.83. The van der Waals surface area contributed by atoms with Crippen molar-refractivity contribution < 1.29 is 9.84 Å². The standard InChI is InChI=1S/C16H19ClN2O2/c1-3-12-16(17)13(19(2)18-12)9-21-15-6-4-5-10-11(15)7-8-14(10)20/h4-6,14,20H,3,7-9H2,1-2H3. The smallest absolute Gasteiger partial charge is 0.131 e. The van der Waals surface area contributed by atoms with Gasteiger partial charge in [-0.2, -0.15) is 5.10 Å². The molecule has 1 atom stereocenters. The van der Waals surface area contributed by atoms with Crippen LogP contribution >= 0.6 is 11.6 Å². The first-order valence-corrected chi connectivity index (χ1v) is 7.62. The van der Waals surface area contributed by atoms with Crippen molar-refractivity contribution in [3.05, 3.63) is 45.7 Å². The maximum absolute atomic E-state index is 9.92. The predicted octanol–water partition coefficient (Wildman–Crippen LogP) is 3.19. The monoisotopic (exact) mass is 306 g/mol. The van der Waals surface area contributed by atoms with E-state index in [9.17, 15) is 5.11 Å². The third kappa shape index (κ3) is 2.54. The molecule has 4 nitrogen and oxygen atoms in total. The van der Waals surface area contributed by atoms with Crippen LogP contribution in [0.15, 0.2) is 18.2 Å². The van der Waals surface area contributed by atoms with E-state index in [4.69, 9.17) is 16.3 Å². The molecule has 1 aromatic heterocycles. The molecule has 1 unspecified atom stereocenters. The second kappa shape index (κ2) is 5.70. The molecule has 1 aromatic carbocycles. The van der Waals surface area contributed by atoms with Crippen molar-refractivity contribution in [2.24, 2.45) is 7.05 Å². The van der Waals surface area contributed by atoms with Crippen LogP contribution in [-0.2, 0) is 26.5 Å². The van der Waals surface area contributed by atoms with Gasteiger partial charge in [0, 0.05) is 12.6 Å². The first-order chi connectivity index (χ1) is 10.1. The van der Waals surface area contributed by atoms with Crippen molar-refractivity contribution in [2.45, 2.75) is 38.9 Å². The molecule has 1 heterocycles. The van der Waals surface area contributed by atoms with Gasteiger partial charge < -0.3 is 9.84 Å². The fourth-order valence-electron chi connectivity index (χ4n) is 2.86. The van der Waals surface area contributed by atoms with Gasteiger partial charge in [0.05, 0.1) is 22.5 Å². The van der Waals surface area contributed by atoms with E-state index >= 15 is 0 Å². The van der Waals surface area contributed by atoms with Gasteiger partial charge in [-0.15, -0.1) is 0 Å². The Balaban J connectivity index is 1.82. The molecule has 1 aliphatic carbocycles. The first kappa shape index (κ1) is 14.4. The molecule has 0 saturated heterocycles. The SMILES string of the molecule is CCc1nn(C)c(COc2cccc3c2CCC3O)c1Cl. The maximum atomic E-state index is 9.92. The van der Waals surface area contributed by atoms with Crippen LogP contribution in [0.2, 0.25) is 5.02 Å². The Hall–Kier alpha value is -1.52. The highest BCUT2D eigenvalue weighted by Gasteiger charge is 2.23. The molecule has 1 aliphatic rings. The first-order valence-electron chi connectivity index (χ1n) is 7.24. The molecule has 5 heteroatoms. The second-order valence-corrected chi connectivity index (χ2v) is 5.73. The summed E-state index contributed by atoms with van der Waals surface area (Å²) in [5.41, 5.74) is 3.87. The van der Waals surface area contributed by atoms with E-state index < -0.39 is 0 Å². The van der Waals surface area contributed by atoms with E-state index in [-0.39, 0.29) is 6.10 Å². The fourth-order valence-corrected chi connectivity index (χ4v) is 3.21. The quantitative estimate of drug-likeness (QED) is 0.943. The number of hydrogen-bond donors (Lipinski definition) is 1. The zero-order valence-electron chi connectivity index (χ0n) is 12.3. The summed E-state index contributed by atoms with van der Waals surface area (Å²) in [6.07, 6.45) is 2.06. The molecular weight excluding hydrogens is 288 g/mol. The highest BCUT2D eigenvalue weighted by molar-refractivity contribution is 6.31. The molecule has 1 N–H and O–H groups in total. The van der Waals surface area contributed by atoms with Crippen LogP contribution in [0.25, 0.3) is 0 Å². The Morgan fingerprint density at radius 3 is 3.00 bits per heavy atom. The normalized spacial score (nSPS) is 17.0. The number of aliphatic hydroxyl groups excluding tert-OH is 1. The van der Waals surface area contributed by atoms with Gasteiger partial charge in [0.25, 0.3) is 0 Å². The van der Waals surface area contributed by atoms with Crippen LogP contribution in [0.1, 0.15) is 42.0 Å². The van der Waals surface area contributed by atoms with E-state index in [1.165, 1.54) is 0 Å². The van der Waals surface area contributed by atoms with Crippen molar-refractivity contribution in [1.29, 1.82) is 0 Å². The summed E-state index contributed by atoms with van der Waals surface area (Å²) in [5.74, 6) is 0.833. The molecule has 0 amide bonds. The van der Waals surface area contributed by atoms with Gasteiger partial charge >= 0.3 is 0 Å². The molecule has 0 bridgehead atoms. The zero-order valence-corrected chi connectivity index (χ0v) is 13.0. The van der Waals surface area contributed by atoms with Crippen LogP contribution in [0, 0.1) is 0 Å². The number of benzene rings is 1. The largest absolute Gasteiger partial charge is 0.487 e. The van der Waals surface area contributed by atoms with Crippen molar-refractivity contribution in [2.75, 3.05) is 0 Å². The Morgan fingerprint density at radius 1 is 1.48 bits per heavy atom. The Kier molecular flexibility index (Phi) is 3.91. The van der Waals surface area contributed by atoms with Crippen molar-refractivity contribution in [3.63, 3.8) is 0 Å². The molecule has 0 aliphatic heterocycles. The summed E-state index contributed by atoms with van der Waals surface area (Å²) in [6.45, 7) is 2.42. The molecule has 3 rings (SSSR count). The van der Waals surface area contributed by atoms with E-state index in [1.807, 2.05) is 32.2 Å². The van der Waals surface area contributed by atoms with Crippen molar-refractivity contribution >= 4 is 11.6 Å². The summed E-state index contributed by atoms with van der Waals surface area (Å²) >= 11 is 6.33.